The van der Waals surface area contributed by atoms with Crippen LogP contribution in [-0.4, -0.2) is 11.0 Å². The average molecular weight is 211 g/mol. The van der Waals surface area contributed by atoms with E-state index in [2.05, 4.69) is 0 Å². The summed E-state index contributed by atoms with van der Waals surface area (Å²) in [7, 11) is 0. The van der Waals surface area contributed by atoms with Gasteiger partial charge in [-0.05, 0) is 30.2 Å². The van der Waals surface area contributed by atoms with Crippen molar-refractivity contribution in [2.75, 3.05) is 0 Å². The quantitative estimate of drug-likeness (QED) is 0.568. The van der Waals surface area contributed by atoms with Gasteiger partial charge in [-0.15, -0.1) is 0 Å². The maximum atomic E-state index is 11.1. The number of Topliss-reactive ketones (excluding diaryl/α,β-unsaturated/α-hetero) is 1. The van der Waals surface area contributed by atoms with E-state index in [-0.39, 0.29) is 11.7 Å². The fourth-order valence-electron chi connectivity index (χ4n) is 1.16. The fourth-order valence-corrected chi connectivity index (χ4v) is 1.28. The van der Waals surface area contributed by atoms with Crippen LogP contribution >= 0.6 is 11.6 Å². The van der Waals surface area contributed by atoms with Crippen molar-refractivity contribution >= 4 is 22.6 Å². The second-order valence-electron chi connectivity index (χ2n) is 3.21. The van der Waals surface area contributed by atoms with Crippen molar-refractivity contribution in [3.63, 3.8) is 0 Å². The van der Waals surface area contributed by atoms with Crippen molar-refractivity contribution in [3.05, 3.63) is 35.4 Å². The summed E-state index contributed by atoms with van der Waals surface area (Å²) >= 11 is 5.37. The van der Waals surface area contributed by atoms with E-state index in [9.17, 15) is 9.59 Å². The van der Waals surface area contributed by atoms with Gasteiger partial charge in [0, 0.05) is 5.56 Å². The molecular formula is C11H11ClO2. The first-order valence-corrected chi connectivity index (χ1v) is 4.70. The summed E-state index contributed by atoms with van der Waals surface area (Å²) in [5.74, 6) is -0.378. The van der Waals surface area contributed by atoms with Gasteiger partial charge in [0.15, 0.2) is 5.78 Å². The van der Waals surface area contributed by atoms with Gasteiger partial charge in [-0.25, -0.2) is 0 Å². The van der Waals surface area contributed by atoms with Crippen molar-refractivity contribution in [1.29, 1.82) is 0 Å². The van der Waals surface area contributed by atoms with Gasteiger partial charge in [0.25, 0.3) is 0 Å². The second kappa shape index (κ2) is 4.38. The average Bonchev–Trinajstić information content (AvgIpc) is 2.16. The van der Waals surface area contributed by atoms with Crippen LogP contribution in [0.15, 0.2) is 24.3 Å². The first kappa shape index (κ1) is 10.9. The molecule has 0 radical (unpaired) electrons. The monoisotopic (exact) mass is 210 g/mol. The molecule has 0 aliphatic heterocycles. The summed E-state index contributed by atoms with van der Waals surface area (Å²) in [6, 6.07) is 6.96. The molecule has 0 N–H and O–H groups in total. The Morgan fingerprint density at radius 1 is 1.36 bits per heavy atom. The maximum Gasteiger partial charge on any atom is 0.228 e. The molecule has 0 fully saturated rings. The molecule has 14 heavy (non-hydrogen) atoms. The van der Waals surface area contributed by atoms with Crippen LogP contribution in [0.1, 0.15) is 35.7 Å². The number of carbonyl (C=O) groups excluding carboxylic acids is 2. The lowest BCUT2D eigenvalue weighted by Crippen LogP contribution is -2.03. The van der Waals surface area contributed by atoms with Crippen LogP contribution in [0.25, 0.3) is 0 Å². The Balaban J connectivity index is 3.05. The van der Waals surface area contributed by atoms with Gasteiger partial charge in [0.1, 0.15) is 0 Å². The number of ketones is 1. The van der Waals surface area contributed by atoms with Crippen molar-refractivity contribution in [1.82, 2.24) is 0 Å². The van der Waals surface area contributed by atoms with Crippen molar-refractivity contribution < 1.29 is 9.59 Å². The van der Waals surface area contributed by atoms with Gasteiger partial charge in [0.05, 0.1) is 5.92 Å². The van der Waals surface area contributed by atoms with E-state index in [0.717, 1.165) is 5.56 Å². The molecule has 0 aliphatic rings. The minimum Gasteiger partial charge on any atom is -0.295 e. The van der Waals surface area contributed by atoms with Crippen molar-refractivity contribution in [2.45, 2.75) is 19.8 Å². The van der Waals surface area contributed by atoms with Gasteiger partial charge >= 0.3 is 0 Å². The van der Waals surface area contributed by atoms with E-state index in [0.29, 0.717) is 5.56 Å². The molecule has 0 amide bonds. The number of benzene rings is 1. The highest BCUT2D eigenvalue weighted by atomic mass is 35.5. The third-order valence-corrected chi connectivity index (χ3v) is 2.46. The Bertz CT molecular complexity index is 371. The lowest BCUT2D eigenvalue weighted by Gasteiger charge is -2.07. The molecule has 0 spiro atoms. The van der Waals surface area contributed by atoms with E-state index >= 15 is 0 Å². The molecule has 0 saturated carbocycles. The highest BCUT2D eigenvalue weighted by molar-refractivity contribution is 6.64. The second-order valence-corrected chi connectivity index (χ2v) is 3.58. The molecule has 1 atom stereocenters. The molecule has 0 bridgehead atoms. The topological polar surface area (TPSA) is 34.1 Å². The summed E-state index contributed by atoms with van der Waals surface area (Å²) in [4.78, 5) is 22.0. The highest BCUT2D eigenvalue weighted by Crippen LogP contribution is 2.19. The van der Waals surface area contributed by atoms with Crippen molar-refractivity contribution in [3.8, 4) is 0 Å². The zero-order valence-electron chi connectivity index (χ0n) is 8.08. The van der Waals surface area contributed by atoms with Crippen LogP contribution in [0.4, 0.5) is 0 Å². The molecule has 0 aromatic heterocycles. The Labute approximate surface area is 87.9 Å². The molecule has 1 rings (SSSR count). The van der Waals surface area contributed by atoms with Gasteiger partial charge in [0.2, 0.25) is 5.24 Å². The molecule has 0 unspecified atom stereocenters. The first-order valence-electron chi connectivity index (χ1n) is 4.32. The number of hydrogen-bond acceptors (Lipinski definition) is 2. The Morgan fingerprint density at radius 2 is 2.00 bits per heavy atom. The third kappa shape index (κ3) is 2.42. The molecule has 1 aromatic carbocycles. The van der Waals surface area contributed by atoms with Gasteiger partial charge in [-0.2, -0.15) is 0 Å². The van der Waals surface area contributed by atoms with Crippen LogP contribution < -0.4 is 0 Å². The summed E-state index contributed by atoms with van der Waals surface area (Å²) < 4.78 is 0. The minimum atomic E-state index is -0.411. The number of rotatable bonds is 3. The van der Waals surface area contributed by atoms with E-state index in [1.807, 2.05) is 0 Å². The van der Waals surface area contributed by atoms with E-state index in [1.165, 1.54) is 6.92 Å². The van der Waals surface area contributed by atoms with Gasteiger partial charge < -0.3 is 0 Å². The Hall–Kier alpha value is -1.15. The normalized spacial score (nSPS) is 12.2. The Kier molecular flexibility index (Phi) is 3.42. The lowest BCUT2D eigenvalue weighted by molar-refractivity contribution is -0.112. The van der Waals surface area contributed by atoms with Crippen LogP contribution in [0, 0.1) is 0 Å². The molecule has 2 nitrogen and oxygen atoms in total. The SMILES string of the molecule is CC(=O)c1cccc([C@@H](C)C(=O)Cl)c1. The zero-order chi connectivity index (χ0) is 10.7. The molecule has 74 valence electrons. The van der Waals surface area contributed by atoms with E-state index in [4.69, 9.17) is 11.6 Å². The smallest absolute Gasteiger partial charge is 0.228 e. The molecule has 0 heterocycles. The molecule has 0 saturated heterocycles. The van der Waals surface area contributed by atoms with Crippen LogP contribution in [0.5, 0.6) is 0 Å². The van der Waals surface area contributed by atoms with E-state index < -0.39 is 5.24 Å². The minimum absolute atomic E-state index is 0.0129. The van der Waals surface area contributed by atoms with Gasteiger partial charge in [-0.1, -0.05) is 25.1 Å². The fraction of sp³-hybridized carbons (Fsp3) is 0.273. The number of halogens is 1. The summed E-state index contributed by atoms with van der Waals surface area (Å²) in [5, 5.41) is -0.411. The van der Waals surface area contributed by atoms with Gasteiger partial charge in [-0.3, -0.25) is 9.59 Å². The standard InChI is InChI=1S/C11H11ClO2/c1-7(11(12)14)9-4-3-5-10(6-9)8(2)13/h3-7H,1-2H3/t7-/m1/s1. The molecular weight excluding hydrogens is 200 g/mol. The number of hydrogen-bond donors (Lipinski definition) is 0. The third-order valence-electron chi connectivity index (χ3n) is 2.13. The molecule has 1 aromatic rings. The van der Waals surface area contributed by atoms with Crippen LogP contribution in [0.2, 0.25) is 0 Å². The summed E-state index contributed by atoms with van der Waals surface area (Å²) in [6.07, 6.45) is 0. The highest BCUT2D eigenvalue weighted by Gasteiger charge is 2.13. The van der Waals surface area contributed by atoms with Crippen LogP contribution in [0.3, 0.4) is 0 Å². The van der Waals surface area contributed by atoms with E-state index in [1.54, 1.807) is 31.2 Å². The molecule has 0 aliphatic carbocycles. The summed E-state index contributed by atoms with van der Waals surface area (Å²) in [5.41, 5.74) is 1.38. The maximum absolute atomic E-state index is 11.1. The van der Waals surface area contributed by atoms with Crippen LogP contribution in [-0.2, 0) is 4.79 Å². The number of carbonyl (C=O) groups is 2. The summed E-state index contributed by atoms with van der Waals surface area (Å²) in [6.45, 7) is 3.21. The van der Waals surface area contributed by atoms with Crippen molar-refractivity contribution in [2.24, 2.45) is 0 Å². The molecule has 3 heteroatoms. The largest absolute Gasteiger partial charge is 0.295 e. The first-order chi connectivity index (χ1) is 6.52. The zero-order valence-corrected chi connectivity index (χ0v) is 8.84. The lowest BCUT2D eigenvalue weighted by atomic mass is 9.99. The Morgan fingerprint density at radius 3 is 2.50 bits per heavy atom. The predicted octanol–water partition coefficient (Wildman–Crippen LogP) is 2.76. The predicted molar refractivity (Wildman–Crippen MR) is 55.7 cm³/mol.